The Morgan fingerprint density at radius 2 is 1.15 bits per heavy atom. The summed E-state index contributed by atoms with van der Waals surface area (Å²) in [6, 6.07) is -0.859. The number of hydrogen-bond acceptors (Lipinski definition) is 5. The molecular formula is C41H72N2O5. The minimum Gasteiger partial charge on any atom is -0.480 e. The molecule has 48 heavy (non-hydrogen) atoms. The topological polar surface area (TPSA) is 119 Å². The van der Waals surface area contributed by atoms with Crippen LogP contribution in [0.5, 0.6) is 0 Å². The van der Waals surface area contributed by atoms with E-state index in [2.05, 4.69) is 67.8 Å². The molecule has 0 saturated heterocycles. The van der Waals surface area contributed by atoms with Crippen molar-refractivity contribution in [1.82, 2.24) is 5.32 Å². The Hall–Kier alpha value is -2.67. The van der Waals surface area contributed by atoms with Gasteiger partial charge in [0.05, 0.1) is 0 Å². The zero-order chi connectivity index (χ0) is 35.3. The molecule has 0 saturated carbocycles. The molecule has 0 aliphatic rings. The van der Waals surface area contributed by atoms with Crippen LogP contribution in [0.25, 0.3) is 0 Å². The number of allylic oxidation sites excluding steroid dienone is 8. The average Bonchev–Trinajstić information content (AvgIpc) is 3.07. The minimum atomic E-state index is -1.01. The van der Waals surface area contributed by atoms with Gasteiger partial charge in [-0.05, 0) is 96.4 Å². The Kier molecular flexibility index (Phi) is 33.7. The van der Waals surface area contributed by atoms with E-state index in [0.29, 0.717) is 32.2 Å². The molecule has 0 aromatic rings. The Labute approximate surface area is 294 Å². The first-order chi connectivity index (χ1) is 23.4. The highest BCUT2D eigenvalue weighted by Gasteiger charge is 2.19. The van der Waals surface area contributed by atoms with Crippen molar-refractivity contribution in [2.24, 2.45) is 5.73 Å². The van der Waals surface area contributed by atoms with Gasteiger partial charge >= 0.3 is 11.9 Å². The van der Waals surface area contributed by atoms with Crippen molar-refractivity contribution < 1.29 is 24.2 Å². The number of carbonyl (C=O) groups is 3. The van der Waals surface area contributed by atoms with Gasteiger partial charge in [-0.3, -0.25) is 9.59 Å². The first-order valence-electron chi connectivity index (χ1n) is 19.5. The van der Waals surface area contributed by atoms with Gasteiger partial charge in [0.25, 0.3) is 0 Å². The van der Waals surface area contributed by atoms with Crippen LogP contribution in [0, 0.1) is 0 Å². The molecule has 0 spiro atoms. The third-order valence-corrected chi connectivity index (χ3v) is 8.41. The molecule has 276 valence electrons. The fourth-order valence-corrected chi connectivity index (χ4v) is 5.50. The van der Waals surface area contributed by atoms with Crippen molar-refractivity contribution in [3.63, 3.8) is 0 Å². The summed E-state index contributed by atoms with van der Waals surface area (Å²) in [7, 11) is 0. The Morgan fingerprint density at radius 1 is 0.625 bits per heavy atom. The third kappa shape index (κ3) is 31.9. The number of carboxylic acids is 1. The quantitative estimate of drug-likeness (QED) is 0.0356. The summed E-state index contributed by atoms with van der Waals surface area (Å²) in [6.07, 6.45) is 41.5. The van der Waals surface area contributed by atoms with E-state index in [4.69, 9.17) is 10.5 Å². The molecule has 2 unspecified atom stereocenters. The van der Waals surface area contributed by atoms with Gasteiger partial charge in [0.15, 0.2) is 0 Å². The van der Waals surface area contributed by atoms with Crippen LogP contribution in [0.15, 0.2) is 48.6 Å². The van der Waals surface area contributed by atoms with Crippen LogP contribution in [0.3, 0.4) is 0 Å². The summed E-state index contributed by atoms with van der Waals surface area (Å²) in [4.78, 5) is 36.1. The number of carbonyl (C=O) groups excluding carboxylic acids is 2. The summed E-state index contributed by atoms with van der Waals surface area (Å²) in [5.41, 5.74) is 5.47. The zero-order valence-electron chi connectivity index (χ0n) is 30.8. The standard InChI is InChI=1S/C41H72N2O5/c1-3-5-7-9-11-12-13-14-15-16-17-18-20-25-29-35-40(45)48-37(31-26-22-19-10-8-6-4-2)32-27-23-21-24-28-34-39(44)43-38(41(46)47)33-30-36-42/h5,7,11-12,14-15,17-18,37-38H,3-4,6,8-10,13,16,19-36,42H2,1-2H3,(H,43,44)(H,46,47)/b7-5-,12-11-,15-14-,18-17-. The van der Waals surface area contributed by atoms with E-state index in [1.165, 1.54) is 38.5 Å². The number of nitrogens with one attached hydrogen (secondary N) is 1. The Morgan fingerprint density at radius 3 is 1.71 bits per heavy atom. The Balaban J connectivity index is 4.30. The van der Waals surface area contributed by atoms with Gasteiger partial charge in [0, 0.05) is 12.8 Å². The maximum absolute atomic E-state index is 12.7. The summed E-state index contributed by atoms with van der Waals surface area (Å²) < 4.78 is 5.97. The van der Waals surface area contributed by atoms with Crippen LogP contribution in [-0.4, -0.2) is 41.6 Å². The maximum Gasteiger partial charge on any atom is 0.326 e. The number of unbranched alkanes of at least 4 members (excludes halogenated alkanes) is 12. The molecule has 0 rings (SSSR count). The minimum absolute atomic E-state index is 0.00488. The van der Waals surface area contributed by atoms with Gasteiger partial charge in [-0.15, -0.1) is 0 Å². The van der Waals surface area contributed by atoms with E-state index in [0.717, 1.165) is 96.3 Å². The van der Waals surface area contributed by atoms with Gasteiger partial charge in [0.1, 0.15) is 12.1 Å². The van der Waals surface area contributed by atoms with E-state index in [9.17, 15) is 19.5 Å². The lowest BCUT2D eigenvalue weighted by Crippen LogP contribution is -2.40. The number of hydrogen-bond donors (Lipinski definition) is 3. The molecule has 7 heteroatoms. The number of carboxylic acid groups (broad SMARTS) is 1. The van der Waals surface area contributed by atoms with Crippen LogP contribution >= 0.6 is 0 Å². The molecular weight excluding hydrogens is 600 g/mol. The molecule has 7 nitrogen and oxygen atoms in total. The summed E-state index contributed by atoms with van der Waals surface area (Å²) >= 11 is 0. The van der Waals surface area contributed by atoms with Gasteiger partial charge in [-0.1, -0.05) is 120 Å². The summed E-state index contributed by atoms with van der Waals surface area (Å²) in [5.74, 6) is -1.28. The predicted molar refractivity (Wildman–Crippen MR) is 202 cm³/mol. The van der Waals surface area contributed by atoms with E-state index < -0.39 is 12.0 Å². The molecule has 0 aliphatic heterocycles. The average molecular weight is 673 g/mol. The van der Waals surface area contributed by atoms with Crippen LogP contribution in [-0.2, 0) is 19.1 Å². The van der Waals surface area contributed by atoms with Crippen LogP contribution < -0.4 is 11.1 Å². The highest BCUT2D eigenvalue weighted by Crippen LogP contribution is 2.18. The van der Waals surface area contributed by atoms with Crippen molar-refractivity contribution in [2.75, 3.05) is 6.54 Å². The van der Waals surface area contributed by atoms with E-state index in [1.807, 2.05) is 0 Å². The molecule has 1 amide bonds. The highest BCUT2D eigenvalue weighted by molar-refractivity contribution is 5.83. The summed E-state index contributed by atoms with van der Waals surface area (Å²) in [6.45, 7) is 4.80. The molecule has 0 heterocycles. The highest BCUT2D eigenvalue weighted by atomic mass is 16.5. The normalized spacial score (nSPS) is 13.2. The van der Waals surface area contributed by atoms with Gasteiger partial charge in [-0.25, -0.2) is 4.79 Å². The predicted octanol–water partition coefficient (Wildman–Crippen LogP) is 10.4. The fraction of sp³-hybridized carbons (Fsp3) is 0.732. The number of amides is 1. The third-order valence-electron chi connectivity index (χ3n) is 8.41. The zero-order valence-corrected chi connectivity index (χ0v) is 30.8. The van der Waals surface area contributed by atoms with Crippen molar-refractivity contribution in [3.8, 4) is 0 Å². The van der Waals surface area contributed by atoms with Crippen molar-refractivity contribution in [1.29, 1.82) is 0 Å². The molecule has 0 bridgehead atoms. The lowest BCUT2D eigenvalue weighted by Gasteiger charge is -2.18. The molecule has 4 N–H and O–H groups in total. The number of rotatable bonds is 34. The second kappa shape index (κ2) is 35.6. The number of ether oxygens (including phenoxy) is 1. The Bertz CT molecular complexity index is 895. The van der Waals surface area contributed by atoms with Gasteiger partial charge in [0.2, 0.25) is 5.91 Å². The number of aliphatic carboxylic acids is 1. The molecule has 2 atom stereocenters. The van der Waals surface area contributed by atoms with Crippen LogP contribution in [0.1, 0.15) is 174 Å². The maximum atomic E-state index is 12.7. The number of esters is 1. The first-order valence-corrected chi connectivity index (χ1v) is 19.5. The smallest absolute Gasteiger partial charge is 0.326 e. The monoisotopic (exact) mass is 673 g/mol. The van der Waals surface area contributed by atoms with Gasteiger partial charge < -0.3 is 20.9 Å². The van der Waals surface area contributed by atoms with Crippen LogP contribution in [0.4, 0.5) is 0 Å². The molecule has 0 aromatic carbocycles. The summed E-state index contributed by atoms with van der Waals surface area (Å²) in [5, 5.41) is 11.9. The van der Waals surface area contributed by atoms with E-state index in [-0.39, 0.29) is 18.0 Å². The van der Waals surface area contributed by atoms with Crippen molar-refractivity contribution >= 4 is 17.8 Å². The molecule has 0 aliphatic carbocycles. The first kappa shape index (κ1) is 45.3. The van der Waals surface area contributed by atoms with Crippen LogP contribution in [0.2, 0.25) is 0 Å². The number of nitrogens with two attached hydrogens (primary N) is 1. The van der Waals surface area contributed by atoms with Crippen molar-refractivity contribution in [2.45, 2.75) is 187 Å². The van der Waals surface area contributed by atoms with Gasteiger partial charge in [-0.2, -0.15) is 0 Å². The lowest BCUT2D eigenvalue weighted by molar-refractivity contribution is -0.150. The van der Waals surface area contributed by atoms with E-state index >= 15 is 0 Å². The van der Waals surface area contributed by atoms with E-state index in [1.54, 1.807) is 0 Å². The van der Waals surface area contributed by atoms with Crippen molar-refractivity contribution in [3.05, 3.63) is 48.6 Å². The second-order valence-electron chi connectivity index (χ2n) is 13.0. The molecule has 0 radical (unpaired) electrons. The fourth-order valence-electron chi connectivity index (χ4n) is 5.50. The largest absolute Gasteiger partial charge is 0.480 e. The molecule has 0 fully saturated rings. The lowest BCUT2D eigenvalue weighted by atomic mass is 10.0. The second-order valence-corrected chi connectivity index (χ2v) is 13.0. The SMILES string of the molecule is CC/C=C\C/C=C\C/C=C\C/C=C\CCCCC(=O)OC(CCCCCCCCC)CCCCCCCC(=O)NC(CCCN)C(=O)O. The molecule has 0 aromatic heterocycles.